The molecule has 0 aliphatic heterocycles. The van der Waals surface area contributed by atoms with E-state index in [0.29, 0.717) is 5.92 Å². The summed E-state index contributed by atoms with van der Waals surface area (Å²) in [4.78, 5) is 0. The highest BCUT2D eigenvalue weighted by atomic mass is 32.2. The Labute approximate surface area is 109 Å². The van der Waals surface area contributed by atoms with Crippen molar-refractivity contribution in [2.45, 2.75) is 71.1 Å². The second kappa shape index (κ2) is 6.63. The van der Waals surface area contributed by atoms with Gasteiger partial charge in [-0.15, -0.1) is 4.72 Å². The molecule has 0 saturated heterocycles. The van der Waals surface area contributed by atoms with Gasteiger partial charge in [0.05, 0.1) is 6.07 Å². The summed E-state index contributed by atoms with van der Waals surface area (Å²) >= 11 is -1.20. The quantitative estimate of drug-likeness (QED) is 0.745. The third-order valence-corrected chi connectivity index (χ3v) is 4.70. The van der Waals surface area contributed by atoms with Crippen LogP contribution in [0.25, 0.3) is 0 Å². The Morgan fingerprint density at radius 3 is 2.24 bits per heavy atom. The molecule has 0 radical (unpaired) electrons. The van der Waals surface area contributed by atoms with Crippen molar-refractivity contribution in [3.8, 4) is 6.07 Å². The zero-order valence-electron chi connectivity index (χ0n) is 12.0. The van der Waals surface area contributed by atoms with Crippen LogP contribution in [0.2, 0.25) is 0 Å². The molecule has 0 amide bonds. The van der Waals surface area contributed by atoms with Crippen molar-refractivity contribution >= 4 is 11.4 Å². The smallest absolute Gasteiger partial charge is 0.146 e. The maximum absolute atomic E-state index is 12.0. The van der Waals surface area contributed by atoms with Gasteiger partial charge in [-0.05, 0) is 46.5 Å². The second-order valence-corrected chi connectivity index (χ2v) is 7.95. The number of rotatable bonds is 6. The Bertz CT molecular complexity index is 270. The SMILES string of the molecule is CC[C@@H](C)CC[C@@](C)(C#N)N[S@@+]([O-])C(C)(C)C. The van der Waals surface area contributed by atoms with Crippen LogP contribution in [-0.2, 0) is 11.4 Å². The van der Waals surface area contributed by atoms with Crippen molar-refractivity contribution in [3.63, 3.8) is 0 Å². The third kappa shape index (κ3) is 6.30. The van der Waals surface area contributed by atoms with E-state index in [1.165, 1.54) is 0 Å². The largest absolute Gasteiger partial charge is 0.598 e. The first kappa shape index (κ1) is 16.8. The predicted molar refractivity (Wildman–Crippen MR) is 73.7 cm³/mol. The van der Waals surface area contributed by atoms with E-state index < -0.39 is 16.9 Å². The molecule has 0 bridgehead atoms. The lowest BCUT2D eigenvalue weighted by Gasteiger charge is -2.31. The molecule has 100 valence electrons. The topological polar surface area (TPSA) is 58.9 Å². The van der Waals surface area contributed by atoms with Crippen molar-refractivity contribution in [1.29, 1.82) is 5.26 Å². The van der Waals surface area contributed by atoms with E-state index in [0.717, 1.165) is 19.3 Å². The summed E-state index contributed by atoms with van der Waals surface area (Å²) in [5.74, 6) is 0.604. The zero-order chi connectivity index (χ0) is 13.7. The van der Waals surface area contributed by atoms with E-state index >= 15 is 0 Å². The Balaban J connectivity index is 4.44. The van der Waals surface area contributed by atoms with Crippen LogP contribution < -0.4 is 4.72 Å². The maximum Gasteiger partial charge on any atom is 0.146 e. The molecule has 0 spiro atoms. The molecule has 0 aromatic heterocycles. The van der Waals surface area contributed by atoms with Gasteiger partial charge >= 0.3 is 0 Å². The molecule has 0 fully saturated rings. The van der Waals surface area contributed by atoms with Crippen LogP contribution in [0.5, 0.6) is 0 Å². The van der Waals surface area contributed by atoms with E-state index in [1.807, 2.05) is 27.7 Å². The molecule has 0 aliphatic rings. The first-order valence-corrected chi connectivity index (χ1v) is 7.40. The van der Waals surface area contributed by atoms with Gasteiger partial charge < -0.3 is 4.55 Å². The average molecular weight is 258 g/mol. The zero-order valence-corrected chi connectivity index (χ0v) is 12.8. The van der Waals surface area contributed by atoms with Crippen molar-refractivity contribution in [2.75, 3.05) is 0 Å². The molecule has 0 aromatic carbocycles. The van der Waals surface area contributed by atoms with Gasteiger partial charge in [-0.1, -0.05) is 20.3 Å². The maximum atomic E-state index is 12.0. The summed E-state index contributed by atoms with van der Waals surface area (Å²) in [5.41, 5.74) is -0.693. The van der Waals surface area contributed by atoms with Crippen LogP contribution in [0.15, 0.2) is 0 Å². The summed E-state index contributed by atoms with van der Waals surface area (Å²) in [5, 5.41) is 9.24. The molecule has 1 N–H and O–H groups in total. The first-order chi connectivity index (χ1) is 7.64. The molecule has 0 heterocycles. The van der Waals surface area contributed by atoms with Crippen LogP contribution in [-0.4, -0.2) is 14.8 Å². The molecule has 0 unspecified atom stereocenters. The molecule has 0 aliphatic carbocycles. The minimum atomic E-state index is -1.20. The van der Waals surface area contributed by atoms with Gasteiger partial charge in [0.15, 0.2) is 0 Å². The summed E-state index contributed by atoms with van der Waals surface area (Å²) in [7, 11) is 0. The number of hydrogen-bond donors (Lipinski definition) is 1. The number of nitrogens with one attached hydrogen (secondary N) is 1. The minimum Gasteiger partial charge on any atom is -0.598 e. The molecule has 4 heteroatoms. The Hall–Kier alpha value is -0.240. The van der Waals surface area contributed by atoms with Gasteiger partial charge in [0.25, 0.3) is 0 Å². The fourth-order valence-electron chi connectivity index (χ4n) is 1.23. The van der Waals surface area contributed by atoms with Crippen molar-refractivity contribution in [2.24, 2.45) is 5.92 Å². The molecule has 3 atom stereocenters. The lowest BCUT2D eigenvalue weighted by Crippen LogP contribution is -2.51. The molecular weight excluding hydrogens is 232 g/mol. The number of hydrogen-bond acceptors (Lipinski definition) is 3. The highest BCUT2D eigenvalue weighted by Crippen LogP contribution is 2.22. The normalized spacial score (nSPS) is 19.2. The third-order valence-electron chi connectivity index (χ3n) is 2.95. The summed E-state index contributed by atoms with van der Waals surface area (Å²) in [6.45, 7) is 11.9. The Kier molecular flexibility index (Phi) is 6.53. The summed E-state index contributed by atoms with van der Waals surface area (Å²) in [6, 6.07) is 2.26. The molecule has 17 heavy (non-hydrogen) atoms. The van der Waals surface area contributed by atoms with Crippen molar-refractivity contribution < 1.29 is 4.55 Å². The molecule has 0 saturated carbocycles. The standard InChI is InChI=1S/C13H26N2OS/c1-7-11(2)8-9-13(6,10-14)15-17(16)12(3,4)5/h11,15H,7-9H2,1-6H3/t11-,13+,17+/m1/s1. The van der Waals surface area contributed by atoms with Gasteiger partial charge in [-0.25, -0.2) is 0 Å². The van der Waals surface area contributed by atoms with Crippen molar-refractivity contribution in [1.82, 2.24) is 4.72 Å². The lowest BCUT2D eigenvalue weighted by atomic mass is 9.92. The fraction of sp³-hybridized carbons (Fsp3) is 0.923. The van der Waals surface area contributed by atoms with E-state index in [9.17, 15) is 9.81 Å². The monoisotopic (exact) mass is 258 g/mol. The molecule has 3 nitrogen and oxygen atoms in total. The Morgan fingerprint density at radius 2 is 1.88 bits per heavy atom. The predicted octanol–water partition coefficient (Wildman–Crippen LogP) is 3.15. The molecule has 0 aromatic rings. The van der Waals surface area contributed by atoms with Crippen LogP contribution in [0, 0.1) is 17.2 Å². The molecular formula is C13H26N2OS. The Morgan fingerprint density at radius 1 is 1.35 bits per heavy atom. The van der Waals surface area contributed by atoms with Gasteiger partial charge in [-0.2, -0.15) is 5.26 Å². The highest BCUT2D eigenvalue weighted by molar-refractivity contribution is 7.90. The second-order valence-electron chi connectivity index (χ2n) is 5.98. The van der Waals surface area contributed by atoms with Crippen molar-refractivity contribution in [3.05, 3.63) is 0 Å². The van der Waals surface area contributed by atoms with Crippen LogP contribution in [0.3, 0.4) is 0 Å². The summed E-state index contributed by atoms with van der Waals surface area (Å²) < 4.78 is 14.6. The highest BCUT2D eigenvalue weighted by Gasteiger charge is 2.35. The summed E-state index contributed by atoms with van der Waals surface area (Å²) in [6.07, 6.45) is 2.83. The average Bonchev–Trinajstić information content (AvgIpc) is 2.24. The lowest BCUT2D eigenvalue weighted by molar-refractivity contribution is 0.399. The van der Waals surface area contributed by atoms with E-state index in [-0.39, 0.29) is 4.75 Å². The minimum absolute atomic E-state index is 0.339. The molecule has 0 rings (SSSR count). The van der Waals surface area contributed by atoms with E-state index in [4.69, 9.17) is 0 Å². The number of nitrogens with zero attached hydrogens (tertiary/aromatic N) is 1. The van der Waals surface area contributed by atoms with Gasteiger partial charge in [0, 0.05) is 11.4 Å². The van der Waals surface area contributed by atoms with Crippen LogP contribution >= 0.6 is 0 Å². The van der Waals surface area contributed by atoms with E-state index in [2.05, 4.69) is 24.6 Å². The van der Waals surface area contributed by atoms with Gasteiger partial charge in [0.2, 0.25) is 0 Å². The van der Waals surface area contributed by atoms with E-state index in [1.54, 1.807) is 0 Å². The van der Waals surface area contributed by atoms with Gasteiger partial charge in [-0.3, -0.25) is 0 Å². The first-order valence-electron chi connectivity index (χ1n) is 6.25. The van der Waals surface area contributed by atoms with Gasteiger partial charge in [0.1, 0.15) is 10.3 Å². The van der Waals surface area contributed by atoms with Crippen LogP contribution in [0.4, 0.5) is 0 Å². The fourth-order valence-corrected chi connectivity index (χ4v) is 2.09. The number of nitriles is 1. The van der Waals surface area contributed by atoms with Crippen LogP contribution in [0.1, 0.15) is 60.8 Å².